The van der Waals surface area contributed by atoms with Crippen molar-refractivity contribution in [2.75, 3.05) is 5.32 Å². The lowest BCUT2D eigenvalue weighted by molar-refractivity contribution is -0.118. The van der Waals surface area contributed by atoms with Crippen molar-refractivity contribution in [3.05, 3.63) is 62.0 Å². The van der Waals surface area contributed by atoms with Crippen LogP contribution in [0.3, 0.4) is 0 Å². The van der Waals surface area contributed by atoms with Gasteiger partial charge in [-0.2, -0.15) is 0 Å². The molecule has 1 atom stereocenters. The molecule has 1 aromatic carbocycles. The van der Waals surface area contributed by atoms with Crippen LogP contribution in [0.5, 0.6) is 0 Å². The summed E-state index contributed by atoms with van der Waals surface area (Å²) in [4.78, 5) is 33.9. The number of ketones is 1. The number of nitrogens with zero attached hydrogens (tertiary/aromatic N) is 1. The second kappa shape index (κ2) is 7.33. The Kier molecular flexibility index (Phi) is 5.11. The first kappa shape index (κ1) is 20.2. The van der Waals surface area contributed by atoms with Crippen molar-refractivity contribution in [2.45, 2.75) is 56.9 Å². The smallest absolute Gasteiger partial charge is 0.257 e. The zero-order valence-corrected chi connectivity index (χ0v) is 18.5. The molecule has 2 aromatic rings. The third-order valence-electron chi connectivity index (χ3n) is 5.26. The summed E-state index contributed by atoms with van der Waals surface area (Å²) in [5, 5.41) is 4.72. The van der Waals surface area contributed by atoms with Crippen LogP contribution in [-0.4, -0.2) is 21.0 Å². The van der Waals surface area contributed by atoms with E-state index >= 15 is 0 Å². The predicted molar refractivity (Wildman–Crippen MR) is 118 cm³/mol. The highest BCUT2D eigenvalue weighted by atomic mass is 35.5. The van der Waals surface area contributed by atoms with Crippen molar-refractivity contribution in [1.82, 2.24) is 9.97 Å². The molecule has 0 amide bonds. The molecule has 4 rings (SSSR count). The van der Waals surface area contributed by atoms with E-state index in [1.165, 1.54) is 11.8 Å². The van der Waals surface area contributed by atoms with Gasteiger partial charge in [0, 0.05) is 33.9 Å². The largest absolute Gasteiger partial charge is 0.343 e. The van der Waals surface area contributed by atoms with Gasteiger partial charge in [-0.25, -0.2) is 4.98 Å². The van der Waals surface area contributed by atoms with E-state index in [-0.39, 0.29) is 22.0 Å². The highest BCUT2D eigenvalue weighted by Gasteiger charge is 2.42. The lowest BCUT2D eigenvalue weighted by Crippen LogP contribution is -2.37. The maximum absolute atomic E-state index is 13.2. The van der Waals surface area contributed by atoms with Crippen molar-refractivity contribution in [1.29, 1.82) is 0 Å². The number of carbonyl (C=O) groups excluding carboxylic acids is 1. The lowest BCUT2D eigenvalue weighted by Gasteiger charge is -2.38. The van der Waals surface area contributed by atoms with E-state index in [0.717, 1.165) is 17.7 Å². The predicted octanol–water partition coefficient (Wildman–Crippen LogP) is 5.12. The minimum absolute atomic E-state index is 0.0550. The van der Waals surface area contributed by atoms with Crippen LogP contribution in [0.2, 0.25) is 5.02 Å². The zero-order chi connectivity index (χ0) is 20.9. The maximum atomic E-state index is 13.2. The van der Waals surface area contributed by atoms with Crippen molar-refractivity contribution in [3.8, 4) is 0 Å². The topological polar surface area (TPSA) is 74.8 Å². The van der Waals surface area contributed by atoms with Crippen LogP contribution in [0.4, 0.5) is 5.82 Å². The molecule has 0 bridgehead atoms. The molecule has 0 saturated carbocycles. The third-order valence-corrected chi connectivity index (χ3v) is 6.50. The summed E-state index contributed by atoms with van der Waals surface area (Å²) in [5.74, 6) is 0.0540. The van der Waals surface area contributed by atoms with E-state index in [0.29, 0.717) is 33.6 Å². The molecule has 29 heavy (non-hydrogen) atoms. The molecule has 5 nitrogen and oxygen atoms in total. The zero-order valence-electron chi connectivity index (χ0n) is 16.9. The molecule has 0 fully saturated rings. The van der Waals surface area contributed by atoms with Gasteiger partial charge in [-0.05, 0) is 23.5 Å². The number of Topliss-reactive ketones (excluding diaryl/α,β-unsaturated/α-hetero) is 1. The van der Waals surface area contributed by atoms with Crippen molar-refractivity contribution < 1.29 is 4.79 Å². The Morgan fingerprint density at radius 1 is 1.21 bits per heavy atom. The quantitative estimate of drug-likeness (QED) is 0.522. The highest BCUT2D eigenvalue weighted by Crippen LogP contribution is 2.48. The summed E-state index contributed by atoms with van der Waals surface area (Å²) in [7, 11) is 0. The Bertz CT molecular complexity index is 1090. The van der Waals surface area contributed by atoms with Crippen molar-refractivity contribution >= 4 is 35.0 Å². The van der Waals surface area contributed by atoms with Gasteiger partial charge in [0.25, 0.3) is 5.56 Å². The number of rotatable bonds is 3. The van der Waals surface area contributed by atoms with Crippen molar-refractivity contribution in [2.24, 2.45) is 5.41 Å². The standard InChI is InChI=1S/C22H24ClN3O2S/c1-11(2)29-21-25-19-18(20(28)26-21)16(12-7-5-6-8-13(12)23)17-14(24-19)9-22(3,4)10-15(17)27/h5-8,11,16H,9-10H2,1-4H3,(H2,24,25,26,28)/t16-/m1/s1. The number of aromatic nitrogens is 2. The number of H-pyrrole nitrogens is 1. The van der Waals surface area contributed by atoms with Gasteiger partial charge in [0.05, 0.1) is 5.56 Å². The molecule has 1 aromatic heterocycles. The Morgan fingerprint density at radius 3 is 2.62 bits per heavy atom. The summed E-state index contributed by atoms with van der Waals surface area (Å²) < 4.78 is 0. The Hall–Kier alpha value is -2.05. The summed E-state index contributed by atoms with van der Waals surface area (Å²) in [5.41, 5.74) is 2.32. The van der Waals surface area contributed by atoms with Gasteiger partial charge in [0.1, 0.15) is 5.82 Å². The Labute approximate surface area is 179 Å². The van der Waals surface area contributed by atoms with E-state index in [1.807, 2.05) is 32.0 Å². The SMILES string of the molecule is CC(C)Sc1nc2c(c(=O)[nH]1)[C@H](c1ccccc1Cl)C1=C(CC(C)(C)CC1=O)N2. The Balaban J connectivity index is 1.96. The number of benzene rings is 1. The number of aromatic amines is 1. The summed E-state index contributed by atoms with van der Waals surface area (Å²) >= 11 is 8.02. The number of anilines is 1. The first-order valence-electron chi connectivity index (χ1n) is 9.75. The first-order valence-corrected chi connectivity index (χ1v) is 11.0. The number of thioether (sulfide) groups is 1. The number of hydrogen-bond donors (Lipinski definition) is 2. The third kappa shape index (κ3) is 3.76. The van der Waals surface area contributed by atoms with E-state index < -0.39 is 5.92 Å². The van der Waals surface area contributed by atoms with Crippen LogP contribution in [0.1, 0.15) is 57.6 Å². The average molecular weight is 430 g/mol. The monoisotopic (exact) mass is 429 g/mol. The second-order valence-corrected chi connectivity index (χ2v) is 10.7. The normalized spacial score (nSPS) is 20.3. The van der Waals surface area contributed by atoms with Crippen LogP contribution in [-0.2, 0) is 4.79 Å². The molecule has 0 unspecified atom stereocenters. The van der Waals surface area contributed by atoms with E-state index in [1.54, 1.807) is 6.07 Å². The molecule has 0 saturated heterocycles. The second-order valence-electron chi connectivity index (χ2n) is 8.71. The first-order chi connectivity index (χ1) is 13.7. The number of nitrogens with one attached hydrogen (secondary N) is 2. The minimum Gasteiger partial charge on any atom is -0.343 e. The van der Waals surface area contributed by atoms with Crippen LogP contribution >= 0.6 is 23.4 Å². The fraction of sp³-hybridized carbons (Fsp3) is 0.409. The van der Waals surface area contributed by atoms with E-state index in [2.05, 4.69) is 24.1 Å². The minimum atomic E-state index is -0.520. The molecular formula is C22H24ClN3O2S. The van der Waals surface area contributed by atoms with Crippen LogP contribution in [0.25, 0.3) is 0 Å². The van der Waals surface area contributed by atoms with Gasteiger partial charge in [-0.3, -0.25) is 9.59 Å². The van der Waals surface area contributed by atoms with Gasteiger partial charge in [0.2, 0.25) is 0 Å². The molecular weight excluding hydrogens is 406 g/mol. The van der Waals surface area contributed by atoms with Gasteiger partial charge >= 0.3 is 0 Å². The number of allylic oxidation sites excluding steroid dienone is 2. The van der Waals surface area contributed by atoms with Gasteiger partial charge in [-0.15, -0.1) is 0 Å². The maximum Gasteiger partial charge on any atom is 0.257 e. The van der Waals surface area contributed by atoms with Crippen LogP contribution < -0.4 is 10.9 Å². The summed E-state index contributed by atoms with van der Waals surface area (Å²) in [6.07, 6.45) is 1.16. The molecule has 7 heteroatoms. The average Bonchev–Trinajstić information content (AvgIpc) is 2.58. The molecule has 2 N–H and O–H groups in total. The number of fused-ring (bicyclic) bond motifs is 1. The number of hydrogen-bond acceptors (Lipinski definition) is 5. The number of carbonyl (C=O) groups is 1. The van der Waals surface area contributed by atoms with E-state index in [4.69, 9.17) is 16.6 Å². The Morgan fingerprint density at radius 2 is 1.93 bits per heavy atom. The highest BCUT2D eigenvalue weighted by molar-refractivity contribution is 7.99. The fourth-order valence-corrected chi connectivity index (χ4v) is 5.18. The molecule has 1 aliphatic carbocycles. The fourth-order valence-electron chi connectivity index (χ4n) is 4.19. The summed E-state index contributed by atoms with van der Waals surface area (Å²) in [6, 6.07) is 7.40. The molecule has 2 heterocycles. The molecule has 152 valence electrons. The van der Waals surface area contributed by atoms with Crippen molar-refractivity contribution in [3.63, 3.8) is 0 Å². The molecule has 0 spiro atoms. The molecule has 0 radical (unpaired) electrons. The van der Waals surface area contributed by atoms with E-state index in [9.17, 15) is 9.59 Å². The summed E-state index contributed by atoms with van der Waals surface area (Å²) in [6.45, 7) is 8.27. The van der Waals surface area contributed by atoms with Crippen LogP contribution in [0.15, 0.2) is 45.5 Å². The van der Waals surface area contributed by atoms with Gasteiger partial charge in [0.15, 0.2) is 10.9 Å². The molecule has 1 aliphatic heterocycles. The van der Waals surface area contributed by atoms with Gasteiger partial charge < -0.3 is 10.3 Å². The van der Waals surface area contributed by atoms with Gasteiger partial charge in [-0.1, -0.05) is 69.3 Å². The number of halogens is 1. The molecule has 2 aliphatic rings. The lowest BCUT2D eigenvalue weighted by atomic mass is 9.69. The van der Waals surface area contributed by atoms with Crippen LogP contribution in [0, 0.1) is 5.41 Å².